The summed E-state index contributed by atoms with van der Waals surface area (Å²) >= 11 is 0.763. The number of halogens is 4. The highest BCUT2D eigenvalue weighted by atomic mass is 32.1. The molecule has 0 unspecified atom stereocenters. The van der Waals surface area contributed by atoms with Crippen molar-refractivity contribution in [1.29, 1.82) is 0 Å². The van der Waals surface area contributed by atoms with Crippen molar-refractivity contribution in [3.05, 3.63) is 88.8 Å². The molecule has 0 fully saturated rings. The Balaban J connectivity index is 1.42. The molecule has 2 aromatic heterocycles. The lowest BCUT2D eigenvalue weighted by Crippen LogP contribution is -2.10. The molecule has 0 aliphatic carbocycles. The van der Waals surface area contributed by atoms with Crippen molar-refractivity contribution in [2.24, 2.45) is 0 Å². The molecule has 0 bridgehead atoms. The molecule has 0 aliphatic heterocycles. The van der Waals surface area contributed by atoms with E-state index in [-0.39, 0.29) is 23.2 Å². The maximum Gasteiger partial charge on any atom is 0.419 e. The van der Waals surface area contributed by atoms with Crippen LogP contribution in [0, 0.1) is 12.1 Å². The third-order valence-electron chi connectivity index (χ3n) is 5.30. The molecule has 0 aliphatic rings. The van der Waals surface area contributed by atoms with E-state index < -0.39 is 16.9 Å². The molecule has 0 atom stereocenters. The molecule has 9 heteroatoms. The number of anilines is 2. The van der Waals surface area contributed by atoms with Gasteiger partial charge in [-0.3, -0.25) is 4.98 Å². The number of nitrogens with zero attached hydrogens (tertiary/aromatic N) is 2. The molecule has 0 saturated heterocycles. The lowest BCUT2D eigenvalue weighted by atomic mass is 10.1. The quantitative estimate of drug-likeness (QED) is 0.188. The number of nitrogens with one attached hydrogen (secondary N) is 1. The van der Waals surface area contributed by atoms with Crippen molar-refractivity contribution in [3.8, 4) is 17.0 Å². The lowest BCUT2D eigenvalue weighted by Gasteiger charge is -2.15. The van der Waals surface area contributed by atoms with Gasteiger partial charge in [0, 0.05) is 29.7 Å². The highest BCUT2D eigenvalue weighted by Crippen LogP contribution is 2.39. The van der Waals surface area contributed by atoms with Gasteiger partial charge in [-0.25, -0.2) is 4.98 Å². The van der Waals surface area contributed by atoms with Crippen LogP contribution in [0.3, 0.4) is 0 Å². The third kappa shape index (κ3) is 6.57. The predicted molar refractivity (Wildman–Crippen MR) is 130 cm³/mol. The first-order chi connectivity index (χ1) is 16.8. The van der Waals surface area contributed by atoms with Gasteiger partial charge in [0.2, 0.25) is 5.13 Å². The fourth-order valence-electron chi connectivity index (χ4n) is 3.48. The van der Waals surface area contributed by atoms with Gasteiger partial charge in [-0.05, 0) is 56.0 Å². The molecule has 2 aromatic carbocycles. The van der Waals surface area contributed by atoms with E-state index in [1.165, 1.54) is 29.5 Å². The van der Waals surface area contributed by atoms with Crippen LogP contribution in [0.5, 0.6) is 5.75 Å². The Morgan fingerprint density at radius 3 is 2.54 bits per heavy atom. The van der Waals surface area contributed by atoms with E-state index in [0.717, 1.165) is 30.2 Å². The van der Waals surface area contributed by atoms with E-state index in [2.05, 4.69) is 15.3 Å². The Labute approximate surface area is 204 Å². The predicted octanol–water partition coefficient (Wildman–Crippen LogP) is 7.82. The molecule has 0 amide bonds. The molecule has 1 N–H and O–H groups in total. The summed E-state index contributed by atoms with van der Waals surface area (Å²) in [5.41, 5.74) is 2.46. The zero-order valence-electron chi connectivity index (χ0n) is 18.9. The Morgan fingerprint density at radius 2 is 1.83 bits per heavy atom. The third-order valence-corrected chi connectivity index (χ3v) is 6.06. The minimum atomic E-state index is -4.56. The maximum absolute atomic E-state index is 14.4. The Bertz CT molecular complexity index is 1260. The van der Waals surface area contributed by atoms with Gasteiger partial charge in [-0.2, -0.15) is 17.6 Å². The van der Waals surface area contributed by atoms with E-state index in [1.807, 2.05) is 31.2 Å². The van der Waals surface area contributed by atoms with E-state index in [0.29, 0.717) is 17.7 Å². The van der Waals surface area contributed by atoms with Gasteiger partial charge in [0.15, 0.2) is 5.13 Å². The summed E-state index contributed by atoms with van der Waals surface area (Å²) in [4.78, 5) is 8.18. The number of aromatic nitrogens is 2. The summed E-state index contributed by atoms with van der Waals surface area (Å²) in [6.07, 6.45) is 0.722. The minimum absolute atomic E-state index is 0.127. The Kier molecular flexibility index (Phi) is 7.65. The molecular weight excluding hydrogens is 478 g/mol. The van der Waals surface area contributed by atoms with E-state index in [4.69, 9.17) is 4.74 Å². The van der Waals surface area contributed by atoms with Crippen LogP contribution in [0.2, 0.25) is 0 Å². The Hall–Kier alpha value is -3.46. The second kappa shape index (κ2) is 10.9. The van der Waals surface area contributed by atoms with E-state index >= 15 is 0 Å². The summed E-state index contributed by atoms with van der Waals surface area (Å²) in [7, 11) is 0. The first kappa shape index (κ1) is 24.7. The highest BCUT2D eigenvalue weighted by molar-refractivity contribution is 7.14. The van der Waals surface area contributed by atoms with Crippen molar-refractivity contribution < 1.29 is 22.3 Å². The number of rotatable bonds is 9. The van der Waals surface area contributed by atoms with Gasteiger partial charge >= 0.3 is 6.18 Å². The molecular formula is C26H23F4N3OS. The Morgan fingerprint density at radius 1 is 1.03 bits per heavy atom. The van der Waals surface area contributed by atoms with Gasteiger partial charge in [0.05, 0.1) is 12.2 Å². The summed E-state index contributed by atoms with van der Waals surface area (Å²) in [6.45, 7) is 2.17. The van der Waals surface area contributed by atoms with Crippen LogP contribution >= 0.6 is 11.3 Å². The number of hydrogen-bond acceptors (Lipinski definition) is 5. The zero-order chi connectivity index (χ0) is 24.8. The zero-order valence-corrected chi connectivity index (χ0v) is 19.7. The van der Waals surface area contributed by atoms with Crippen LogP contribution < -0.4 is 10.1 Å². The number of benzene rings is 2. The van der Waals surface area contributed by atoms with Crippen LogP contribution in [0.25, 0.3) is 11.3 Å². The van der Waals surface area contributed by atoms with Gasteiger partial charge in [-0.1, -0.05) is 41.2 Å². The average molecular weight is 502 g/mol. The number of thiazole rings is 1. The van der Waals surface area contributed by atoms with Gasteiger partial charge in [0.25, 0.3) is 0 Å². The first-order valence-electron chi connectivity index (χ1n) is 11.0. The summed E-state index contributed by atoms with van der Waals surface area (Å²) in [5, 5.41) is 2.58. The van der Waals surface area contributed by atoms with Crippen LogP contribution in [0.1, 0.15) is 29.5 Å². The molecule has 2 heterocycles. The molecule has 0 saturated carbocycles. The van der Waals surface area contributed by atoms with Gasteiger partial charge < -0.3 is 10.1 Å². The second-order valence-electron chi connectivity index (χ2n) is 8.01. The highest BCUT2D eigenvalue weighted by Gasteiger charge is 2.34. The lowest BCUT2D eigenvalue weighted by molar-refractivity contribution is -0.138. The van der Waals surface area contributed by atoms with Crippen molar-refractivity contribution in [2.45, 2.75) is 32.4 Å². The smallest absolute Gasteiger partial charge is 0.419 e. The largest absolute Gasteiger partial charge is 0.493 e. The van der Waals surface area contributed by atoms with E-state index in [1.54, 1.807) is 18.3 Å². The monoisotopic (exact) mass is 501 g/mol. The second-order valence-corrected chi connectivity index (χ2v) is 8.96. The van der Waals surface area contributed by atoms with Crippen LogP contribution in [-0.4, -0.2) is 16.6 Å². The van der Waals surface area contributed by atoms with Crippen molar-refractivity contribution in [2.75, 3.05) is 11.9 Å². The standard InChI is InChI=1S/C26H23F4N3OS/c1-17-7-9-18(10-8-17)5-2-3-14-34-22-15-20(11-12-21(22)26(28,29)30)32-25-33-23(24(27)35-25)19-6-4-13-31-16-19/h4,6-13,15-16H,2-3,5,14H2,1H3,(H,32,33). The summed E-state index contributed by atoms with van der Waals surface area (Å²) < 4.78 is 60.5. The average Bonchev–Trinajstić information content (AvgIpc) is 3.20. The molecule has 4 aromatic rings. The molecule has 35 heavy (non-hydrogen) atoms. The van der Waals surface area contributed by atoms with Gasteiger partial charge in [-0.15, -0.1) is 0 Å². The number of hydrogen-bond donors (Lipinski definition) is 1. The van der Waals surface area contributed by atoms with Crippen LogP contribution in [-0.2, 0) is 12.6 Å². The number of aryl methyl sites for hydroxylation is 2. The molecule has 4 nitrogen and oxygen atoms in total. The van der Waals surface area contributed by atoms with Crippen LogP contribution in [0.4, 0.5) is 28.4 Å². The van der Waals surface area contributed by atoms with Gasteiger partial charge in [0.1, 0.15) is 11.4 Å². The molecule has 0 radical (unpaired) electrons. The van der Waals surface area contributed by atoms with E-state index in [9.17, 15) is 17.6 Å². The normalized spacial score (nSPS) is 11.5. The van der Waals surface area contributed by atoms with Crippen molar-refractivity contribution in [1.82, 2.24) is 9.97 Å². The van der Waals surface area contributed by atoms with Crippen LogP contribution in [0.15, 0.2) is 67.0 Å². The number of unbranched alkanes of at least 4 members (excludes halogenated alkanes) is 1. The van der Waals surface area contributed by atoms with Crippen molar-refractivity contribution >= 4 is 22.2 Å². The fraction of sp³-hybridized carbons (Fsp3) is 0.231. The number of ether oxygens (including phenoxy) is 1. The molecule has 0 spiro atoms. The van der Waals surface area contributed by atoms with Crippen molar-refractivity contribution in [3.63, 3.8) is 0 Å². The minimum Gasteiger partial charge on any atom is -0.493 e. The fourth-order valence-corrected chi connectivity index (χ4v) is 4.22. The SMILES string of the molecule is Cc1ccc(CCCCOc2cc(Nc3nc(-c4cccnc4)c(F)s3)ccc2C(F)(F)F)cc1. The number of pyridine rings is 1. The molecule has 182 valence electrons. The number of alkyl halides is 3. The summed E-state index contributed by atoms with van der Waals surface area (Å²) in [6, 6.07) is 15.0. The first-order valence-corrected chi connectivity index (χ1v) is 11.8. The maximum atomic E-state index is 14.4. The summed E-state index contributed by atoms with van der Waals surface area (Å²) in [5.74, 6) is -0.276. The molecule has 4 rings (SSSR count). The topological polar surface area (TPSA) is 47.0 Å².